The molecule has 0 saturated carbocycles. The highest BCUT2D eigenvalue weighted by Gasteiger charge is 2.30. The molecular formula is C19H19N3O2. The van der Waals surface area contributed by atoms with E-state index in [9.17, 15) is 4.79 Å². The number of carbonyl (C=O) groups is 1. The van der Waals surface area contributed by atoms with Crippen molar-refractivity contribution in [2.45, 2.75) is 32.8 Å². The molecule has 2 aromatic carbocycles. The lowest BCUT2D eigenvalue weighted by Gasteiger charge is -2.16. The molecule has 5 nitrogen and oxygen atoms in total. The largest absolute Gasteiger partial charge is 0.487 e. The predicted molar refractivity (Wildman–Crippen MR) is 93.7 cm³/mol. The van der Waals surface area contributed by atoms with E-state index in [1.54, 1.807) is 4.57 Å². The zero-order valence-corrected chi connectivity index (χ0v) is 14.0. The van der Waals surface area contributed by atoms with Gasteiger partial charge in [0.25, 0.3) is 0 Å². The van der Waals surface area contributed by atoms with E-state index < -0.39 is 0 Å². The van der Waals surface area contributed by atoms with Crippen LogP contribution >= 0.6 is 0 Å². The Morgan fingerprint density at radius 2 is 2.04 bits per heavy atom. The molecule has 2 heterocycles. The van der Waals surface area contributed by atoms with Gasteiger partial charge in [0.15, 0.2) is 0 Å². The second-order valence-electron chi connectivity index (χ2n) is 6.77. The summed E-state index contributed by atoms with van der Waals surface area (Å²) in [6, 6.07) is 13.2. The van der Waals surface area contributed by atoms with E-state index in [2.05, 4.69) is 24.1 Å². The highest BCUT2D eigenvalue weighted by atomic mass is 16.5. The first-order valence-corrected chi connectivity index (χ1v) is 8.00. The van der Waals surface area contributed by atoms with Crippen LogP contribution in [0.4, 0.5) is 10.5 Å². The normalized spacial score (nSPS) is 15.1. The lowest BCUT2D eigenvalue weighted by Crippen LogP contribution is -2.24. The first-order chi connectivity index (χ1) is 11.4. The summed E-state index contributed by atoms with van der Waals surface area (Å²) in [5.74, 6) is 1.56. The fraction of sp³-hybridized carbons (Fsp3) is 0.263. The van der Waals surface area contributed by atoms with Gasteiger partial charge < -0.3 is 10.1 Å². The SMILES string of the molecule is Cc1nc2ccccc2n1C(=O)Nc1ccc2c(c1)CC(C)(C)O2. The molecule has 4 rings (SSSR count). The van der Waals surface area contributed by atoms with E-state index in [0.29, 0.717) is 5.82 Å². The van der Waals surface area contributed by atoms with Crippen molar-refractivity contribution in [3.05, 3.63) is 53.9 Å². The number of nitrogens with zero attached hydrogens (tertiary/aromatic N) is 2. The average molecular weight is 321 g/mol. The Kier molecular flexibility index (Phi) is 3.13. The summed E-state index contributed by atoms with van der Waals surface area (Å²) in [5.41, 5.74) is 3.30. The number of aryl methyl sites for hydroxylation is 1. The molecule has 0 radical (unpaired) electrons. The molecule has 1 N–H and O–H groups in total. The average Bonchev–Trinajstić information content (AvgIpc) is 3.00. The first-order valence-electron chi connectivity index (χ1n) is 8.00. The number of carbonyl (C=O) groups excluding carboxylic acids is 1. The lowest BCUT2D eigenvalue weighted by atomic mass is 10.0. The molecule has 24 heavy (non-hydrogen) atoms. The van der Waals surface area contributed by atoms with Crippen molar-refractivity contribution in [1.29, 1.82) is 0 Å². The molecule has 1 aliphatic rings. The van der Waals surface area contributed by atoms with E-state index in [1.807, 2.05) is 49.4 Å². The van der Waals surface area contributed by atoms with E-state index >= 15 is 0 Å². The van der Waals surface area contributed by atoms with Crippen LogP contribution in [0, 0.1) is 6.92 Å². The topological polar surface area (TPSA) is 56.2 Å². The van der Waals surface area contributed by atoms with Gasteiger partial charge in [0, 0.05) is 17.7 Å². The van der Waals surface area contributed by atoms with Crippen LogP contribution in [0.5, 0.6) is 5.75 Å². The summed E-state index contributed by atoms with van der Waals surface area (Å²) in [7, 11) is 0. The molecule has 1 aliphatic heterocycles. The summed E-state index contributed by atoms with van der Waals surface area (Å²) in [6.07, 6.45) is 0.832. The highest BCUT2D eigenvalue weighted by Crippen LogP contribution is 2.36. The number of rotatable bonds is 1. The van der Waals surface area contributed by atoms with E-state index in [1.165, 1.54) is 0 Å². The summed E-state index contributed by atoms with van der Waals surface area (Å²) < 4.78 is 7.48. The molecule has 1 amide bonds. The van der Waals surface area contributed by atoms with Gasteiger partial charge in [0.2, 0.25) is 0 Å². The summed E-state index contributed by atoms with van der Waals surface area (Å²) in [4.78, 5) is 17.2. The minimum absolute atomic E-state index is 0.192. The number of hydrogen-bond acceptors (Lipinski definition) is 3. The highest BCUT2D eigenvalue weighted by molar-refractivity contribution is 5.98. The quantitative estimate of drug-likeness (QED) is 0.733. The molecular weight excluding hydrogens is 302 g/mol. The van der Waals surface area contributed by atoms with Crippen molar-refractivity contribution < 1.29 is 9.53 Å². The van der Waals surface area contributed by atoms with Gasteiger partial charge >= 0.3 is 6.03 Å². The zero-order valence-electron chi connectivity index (χ0n) is 14.0. The molecule has 3 aromatic rings. The fourth-order valence-electron chi connectivity index (χ4n) is 3.27. The molecule has 0 aliphatic carbocycles. The Morgan fingerprint density at radius 1 is 1.25 bits per heavy atom. The van der Waals surface area contributed by atoms with E-state index in [-0.39, 0.29) is 11.6 Å². The number of imidazole rings is 1. The minimum atomic E-state index is -0.209. The van der Waals surface area contributed by atoms with Gasteiger partial charge in [-0.15, -0.1) is 0 Å². The third kappa shape index (κ3) is 2.42. The lowest BCUT2D eigenvalue weighted by molar-refractivity contribution is 0.138. The molecule has 0 fully saturated rings. The molecule has 0 saturated heterocycles. The van der Waals surface area contributed by atoms with E-state index in [0.717, 1.165) is 34.5 Å². The van der Waals surface area contributed by atoms with Crippen molar-refractivity contribution in [3.63, 3.8) is 0 Å². The Bertz CT molecular complexity index is 956. The Balaban J connectivity index is 1.64. The Hall–Kier alpha value is -2.82. The van der Waals surface area contributed by atoms with Gasteiger partial charge in [-0.2, -0.15) is 0 Å². The summed E-state index contributed by atoms with van der Waals surface area (Å²) in [6.45, 7) is 5.96. The zero-order chi connectivity index (χ0) is 16.9. The van der Waals surface area contributed by atoms with Crippen molar-refractivity contribution in [2.75, 3.05) is 5.32 Å². The number of hydrogen-bond donors (Lipinski definition) is 1. The van der Waals surface area contributed by atoms with Crippen molar-refractivity contribution in [3.8, 4) is 5.75 Å². The standard InChI is InChI=1S/C19H19N3O2/c1-12-20-15-6-4-5-7-16(15)22(12)18(23)21-14-8-9-17-13(10-14)11-19(2,3)24-17/h4-10H,11H2,1-3H3,(H,21,23). The van der Waals surface area contributed by atoms with Crippen molar-refractivity contribution in [2.24, 2.45) is 0 Å². The number of amides is 1. The van der Waals surface area contributed by atoms with Crippen molar-refractivity contribution >= 4 is 22.8 Å². The van der Waals surface area contributed by atoms with Crippen LogP contribution in [0.2, 0.25) is 0 Å². The van der Waals surface area contributed by atoms with Gasteiger partial charge in [-0.1, -0.05) is 12.1 Å². The second-order valence-corrected chi connectivity index (χ2v) is 6.77. The monoisotopic (exact) mass is 321 g/mol. The maximum absolute atomic E-state index is 12.7. The number of benzene rings is 2. The maximum atomic E-state index is 12.7. The number of fused-ring (bicyclic) bond motifs is 2. The molecule has 0 atom stereocenters. The number of para-hydroxylation sites is 2. The van der Waals surface area contributed by atoms with Crippen LogP contribution in [0.1, 0.15) is 25.2 Å². The Labute approximate surface area is 140 Å². The maximum Gasteiger partial charge on any atom is 0.331 e. The Morgan fingerprint density at radius 3 is 2.88 bits per heavy atom. The van der Waals surface area contributed by atoms with Crippen LogP contribution in [0.15, 0.2) is 42.5 Å². The van der Waals surface area contributed by atoms with Gasteiger partial charge in [0.1, 0.15) is 17.2 Å². The molecule has 1 aromatic heterocycles. The van der Waals surface area contributed by atoms with Crippen molar-refractivity contribution in [1.82, 2.24) is 9.55 Å². The van der Waals surface area contributed by atoms with Gasteiger partial charge in [-0.3, -0.25) is 0 Å². The van der Waals surface area contributed by atoms with Crippen LogP contribution < -0.4 is 10.1 Å². The summed E-state index contributed by atoms with van der Waals surface area (Å²) >= 11 is 0. The predicted octanol–water partition coefficient (Wildman–Crippen LogP) is 4.14. The molecule has 5 heteroatoms. The smallest absolute Gasteiger partial charge is 0.331 e. The molecule has 0 spiro atoms. The van der Waals surface area contributed by atoms with Gasteiger partial charge in [-0.05, 0) is 51.1 Å². The van der Waals surface area contributed by atoms with Crippen LogP contribution in [0.25, 0.3) is 11.0 Å². The number of nitrogens with one attached hydrogen (secondary N) is 1. The van der Waals surface area contributed by atoms with E-state index in [4.69, 9.17) is 4.74 Å². The third-order valence-electron chi connectivity index (χ3n) is 4.25. The van der Waals surface area contributed by atoms with Gasteiger partial charge in [-0.25, -0.2) is 14.3 Å². The molecule has 122 valence electrons. The summed E-state index contributed by atoms with van der Waals surface area (Å²) in [5, 5.41) is 2.96. The first kappa shape index (κ1) is 14.8. The van der Waals surface area contributed by atoms with Crippen LogP contribution in [-0.2, 0) is 6.42 Å². The fourth-order valence-corrected chi connectivity index (χ4v) is 3.27. The van der Waals surface area contributed by atoms with Gasteiger partial charge in [0.05, 0.1) is 11.0 Å². The number of aromatic nitrogens is 2. The van der Waals surface area contributed by atoms with Crippen LogP contribution in [-0.4, -0.2) is 21.2 Å². The second kappa shape index (κ2) is 5.09. The molecule has 0 bridgehead atoms. The number of anilines is 1. The minimum Gasteiger partial charge on any atom is -0.487 e. The third-order valence-corrected chi connectivity index (χ3v) is 4.25. The number of ether oxygens (including phenoxy) is 1. The molecule has 0 unspecified atom stereocenters. The van der Waals surface area contributed by atoms with Crippen LogP contribution in [0.3, 0.4) is 0 Å².